The van der Waals surface area contributed by atoms with Crippen LogP contribution in [0, 0.1) is 0 Å². The Kier molecular flexibility index (Phi) is 7.88. The number of ketones is 2. The third-order valence-electron chi connectivity index (χ3n) is 6.23. The molecule has 0 radical (unpaired) electrons. The number of methoxy groups -OCH3 is 2. The summed E-state index contributed by atoms with van der Waals surface area (Å²) in [4.78, 5) is 26.0. The van der Waals surface area contributed by atoms with Gasteiger partial charge in [-0.15, -0.1) is 0 Å². The van der Waals surface area contributed by atoms with Crippen LogP contribution in [0.4, 0.5) is 0 Å². The number of hydrogen-bond acceptors (Lipinski definition) is 6. The Morgan fingerprint density at radius 2 is 0.550 bits per heavy atom. The third kappa shape index (κ3) is 6.19. The molecule has 0 aliphatic heterocycles. The number of carbonyl (C=O) groups is 2. The molecule has 0 atom stereocenters. The van der Waals surface area contributed by atoms with Gasteiger partial charge in [-0.3, -0.25) is 9.59 Å². The van der Waals surface area contributed by atoms with Crippen molar-refractivity contribution in [2.24, 2.45) is 0 Å². The van der Waals surface area contributed by atoms with Crippen LogP contribution in [0.3, 0.4) is 0 Å². The zero-order valence-corrected chi connectivity index (χ0v) is 22.0. The van der Waals surface area contributed by atoms with Gasteiger partial charge < -0.3 is 18.9 Å². The SMILES string of the molecule is COc1ccc(Oc2ccc(C(=O)c3ccc(C(=O)c4ccc(Oc5ccc(OC)cc5)cc4)cc3)cc2)cc1. The van der Waals surface area contributed by atoms with E-state index >= 15 is 0 Å². The number of hydrogen-bond donors (Lipinski definition) is 0. The molecule has 0 bridgehead atoms. The van der Waals surface area contributed by atoms with E-state index in [1.165, 1.54) is 0 Å². The molecule has 198 valence electrons. The average Bonchev–Trinajstić information content (AvgIpc) is 3.02. The van der Waals surface area contributed by atoms with Crippen molar-refractivity contribution in [2.75, 3.05) is 14.2 Å². The highest BCUT2D eigenvalue weighted by Crippen LogP contribution is 2.26. The first-order valence-electron chi connectivity index (χ1n) is 12.6. The quantitative estimate of drug-likeness (QED) is 0.172. The second kappa shape index (κ2) is 12.0. The second-order valence-electron chi connectivity index (χ2n) is 8.84. The van der Waals surface area contributed by atoms with Crippen LogP contribution in [0.2, 0.25) is 0 Å². The van der Waals surface area contributed by atoms with Crippen LogP contribution >= 0.6 is 0 Å². The van der Waals surface area contributed by atoms with Gasteiger partial charge in [-0.1, -0.05) is 24.3 Å². The molecule has 0 aromatic heterocycles. The van der Waals surface area contributed by atoms with E-state index in [1.54, 1.807) is 87.0 Å². The molecule has 0 amide bonds. The largest absolute Gasteiger partial charge is 0.497 e. The smallest absolute Gasteiger partial charge is 0.193 e. The topological polar surface area (TPSA) is 71.1 Å². The molecule has 5 aromatic rings. The van der Waals surface area contributed by atoms with Gasteiger partial charge in [0.25, 0.3) is 0 Å². The molecule has 0 N–H and O–H groups in total. The van der Waals surface area contributed by atoms with Gasteiger partial charge in [-0.25, -0.2) is 0 Å². The van der Waals surface area contributed by atoms with E-state index in [1.807, 2.05) is 48.5 Å². The number of carbonyl (C=O) groups excluding carboxylic acids is 2. The Balaban J connectivity index is 1.20. The summed E-state index contributed by atoms with van der Waals surface area (Å²) in [5.41, 5.74) is 2.02. The van der Waals surface area contributed by atoms with Crippen molar-refractivity contribution < 1.29 is 28.5 Å². The average molecular weight is 531 g/mol. The Morgan fingerprint density at radius 3 is 0.800 bits per heavy atom. The lowest BCUT2D eigenvalue weighted by Gasteiger charge is -2.08. The van der Waals surface area contributed by atoms with Crippen LogP contribution in [0.1, 0.15) is 31.8 Å². The van der Waals surface area contributed by atoms with Gasteiger partial charge in [0.2, 0.25) is 0 Å². The highest BCUT2D eigenvalue weighted by Gasteiger charge is 2.13. The molecule has 5 aromatic carbocycles. The van der Waals surface area contributed by atoms with Gasteiger partial charge in [0, 0.05) is 22.3 Å². The molecule has 0 fully saturated rings. The summed E-state index contributed by atoms with van der Waals surface area (Å²) in [6.07, 6.45) is 0. The van der Waals surface area contributed by atoms with Crippen molar-refractivity contribution in [1.82, 2.24) is 0 Å². The predicted molar refractivity (Wildman–Crippen MR) is 152 cm³/mol. The van der Waals surface area contributed by atoms with Gasteiger partial charge in [0.05, 0.1) is 14.2 Å². The molecule has 5 rings (SSSR count). The number of rotatable bonds is 10. The van der Waals surface area contributed by atoms with Gasteiger partial charge in [0.1, 0.15) is 34.5 Å². The van der Waals surface area contributed by atoms with Gasteiger partial charge >= 0.3 is 0 Å². The Labute approximate surface area is 232 Å². The molecule has 0 unspecified atom stereocenters. The minimum atomic E-state index is -0.143. The van der Waals surface area contributed by atoms with E-state index in [0.717, 1.165) is 11.5 Å². The maximum atomic E-state index is 13.0. The molecular weight excluding hydrogens is 504 g/mol. The zero-order valence-electron chi connectivity index (χ0n) is 22.0. The van der Waals surface area contributed by atoms with Crippen molar-refractivity contribution >= 4 is 11.6 Å². The van der Waals surface area contributed by atoms with E-state index in [4.69, 9.17) is 18.9 Å². The van der Waals surface area contributed by atoms with Crippen molar-refractivity contribution in [2.45, 2.75) is 0 Å². The standard InChI is InChI=1S/C34H26O6/c1-37-27-15-19-31(20-16-27)39-29-11-7-25(8-12-29)33(35)23-3-5-24(6-4-23)34(36)26-9-13-30(14-10-26)40-32-21-17-28(38-2)18-22-32/h3-22H,1-2H3. The summed E-state index contributed by atoms with van der Waals surface area (Å²) in [5.74, 6) is 3.76. The Bertz CT molecular complexity index is 1460. The molecule has 0 saturated heterocycles. The fourth-order valence-electron chi connectivity index (χ4n) is 4.01. The molecule has 0 saturated carbocycles. The van der Waals surface area contributed by atoms with E-state index in [9.17, 15) is 9.59 Å². The number of benzene rings is 5. The fourth-order valence-corrected chi connectivity index (χ4v) is 4.01. The maximum Gasteiger partial charge on any atom is 0.193 e. The maximum absolute atomic E-state index is 13.0. The Morgan fingerprint density at radius 1 is 0.350 bits per heavy atom. The monoisotopic (exact) mass is 530 g/mol. The molecule has 40 heavy (non-hydrogen) atoms. The van der Waals surface area contributed by atoms with Crippen LogP contribution in [0.25, 0.3) is 0 Å². The predicted octanol–water partition coefficient (Wildman–Crippen LogP) is 7.75. The molecular formula is C34H26O6. The van der Waals surface area contributed by atoms with Crippen LogP contribution in [0.5, 0.6) is 34.5 Å². The second-order valence-corrected chi connectivity index (χ2v) is 8.84. The van der Waals surface area contributed by atoms with Crippen LogP contribution in [-0.2, 0) is 0 Å². The van der Waals surface area contributed by atoms with Crippen molar-refractivity contribution in [3.63, 3.8) is 0 Å². The van der Waals surface area contributed by atoms with Crippen LogP contribution < -0.4 is 18.9 Å². The number of ether oxygens (including phenoxy) is 4. The summed E-state index contributed by atoms with van der Waals surface area (Å²) in [6, 6.07) is 35.0. The highest BCUT2D eigenvalue weighted by molar-refractivity contribution is 6.11. The highest BCUT2D eigenvalue weighted by atomic mass is 16.5. The van der Waals surface area contributed by atoms with Crippen molar-refractivity contribution in [1.29, 1.82) is 0 Å². The molecule has 6 heteroatoms. The molecule has 0 heterocycles. The van der Waals surface area contributed by atoms with Crippen LogP contribution in [-0.4, -0.2) is 25.8 Å². The lowest BCUT2D eigenvalue weighted by atomic mass is 9.98. The van der Waals surface area contributed by atoms with Crippen LogP contribution in [0.15, 0.2) is 121 Å². The minimum Gasteiger partial charge on any atom is -0.497 e. The lowest BCUT2D eigenvalue weighted by molar-refractivity contribution is 0.102. The molecule has 0 aliphatic carbocycles. The summed E-state index contributed by atoms with van der Waals surface area (Å²) >= 11 is 0. The van der Waals surface area contributed by atoms with Gasteiger partial charge in [-0.05, 0) is 97.1 Å². The third-order valence-corrected chi connectivity index (χ3v) is 6.23. The Hall–Kier alpha value is -5.36. The molecule has 6 nitrogen and oxygen atoms in total. The van der Waals surface area contributed by atoms with E-state index in [0.29, 0.717) is 45.3 Å². The lowest BCUT2D eigenvalue weighted by Crippen LogP contribution is -2.04. The van der Waals surface area contributed by atoms with Crippen molar-refractivity contribution in [3.8, 4) is 34.5 Å². The van der Waals surface area contributed by atoms with Gasteiger partial charge in [0.15, 0.2) is 11.6 Å². The van der Waals surface area contributed by atoms with Gasteiger partial charge in [-0.2, -0.15) is 0 Å². The zero-order chi connectivity index (χ0) is 27.9. The minimum absolute atomic E-state index is 0.143. The normalized spacial score (nSPS) is 10.4. The molecule has 0 spiro atoms. The summed E-state index contributed by atoms with van der Waals surface area (Å²) in [5, 5.41) is 0. The first-order chi connectivity index (χ1) is 19.5. The molecule has 0 aliphatic rings. The fraction of sp³-hybridized carbons (Fsp3) is 0.0588. The van der Waals surface area contributed by atoms with E-state index in [-0.39, 0.29) is 11.6 Å². The van der Waals surface area contributed by atoms with E-state index < -0.39 is 0 Å². The first-order valence-corrected chi connectivity index (χ1v) is 12.6. The van der Waals surface area contributed by atoms with E-state index in [2.05, 4.69) is 0 Å². The summed E-state index contributed by atoms with van der Waals surface area (Å²) in [6.45, 7) is 0. The first kappa shape index (κ1) is 26.3. The summed E-state index contributed by atoms with van der Waals surface area (Å²) in [7, 11) is 3.22. The summed E-state index contributed by atoms with van der Waals surface area (Å²) < 4.78 is 22.0. The van der Waals surface area contributed by atoms with Crippen molar-refractivity contribution in [3.05, 3.63) is 144 Å².